The minimum atomic E-state index is -5.37. The van der Waals surface area contributed by atoms with Crippen LogP contribution in [0.2, 0.25) is 0 Å². The van der Waals surface area contributed by atoms with Crippen molar-refractivity contribution < 1.29 is 30.0 Å². The number of benzene rings is 1. The number of alkyl halides is 3. The van der Waals surface area contributed by atoms with Crippen LogP contribution in [0, 0.1) is 0 Å². The van der Waals surface area contributed by atoms with E-state index in [9.17, 15) is 30.0 Å². The van der Waals surface area contributed by atoms with Gasteiger partial charge in [-0.25, -0.2) is 16.8 Å². The summed E-state index contributed by atoms with van der Waals surface area (Å²) in [6.45, 7) is 0.636. The second-order valence-electron chi connectivity index (χ2n) is 6.23. The van der Waals surface area contributed by atoms with Gasteiger partial charge >= 0.3 is 5.51 Å². The quantitative estimate of drug-likeness (QED) is 0.750. The summed E-state index contributed by atoms with van der Waals surface area (Å²) in [4.78, 5) is -0.817. The van der Waals surface area contributed by atoms with Crippen LogP contribution >= 0.6 is 11.3 Å². The fraction of sp³-hybridized carbons (Fsp3) is 0.375. The van der Waals surface area contributed by atoms with E-state index in [4.69, 9.17) is 0 Å². The van der Waals surface area contributed by atoms with Gasteiger partial charge in [0, 0.05) is 24.8 Å². The number of nitrogens with zero attached hydrogens (tertiary/aromatic N) is 1. The van der Waals surface area contributed by atoms with Gasteiger partial charge in [-0.1, -0.05) is 6.07 Å². The van der Waals surface area contributed by atoms with Crippen molar-refractivity contribution in [3.63, 3.8) is 0 Å². The Kier molecular flexibility index (Phi) is 5.76. The van der Waals surface area contributed by atoms with Gasteiger partial charge in [-0.05, 0) is 48.6 Å². The molecule has 6 nitrogen and oxygen atoms in total. The third kappa shape index (κ3) is 4.19. The first-order chi connectivity index (χ1) is 13.0. The van der Waals surface area contributed by atoms with E-state index in [1.807, 2.05) is 0 Å². The summed E-state index contributed by atoms with van der Waals surface area (Å²) in [5.74, 6) is 0. The Labute approximate surface area is 165 Å². The van der Waals surface area contributed by atoms with Crippen LogP contribution in [0.3, 0.4) is 0 Å². The highest BCUT2D eigenvalue weighted by Crippen LogP contribution is 2.31. The Hall–Kier alpha value is -1.63. The molecule has 0 radical (unpaired) electrons. The lowest BCUT2D eigenvalue weighted by Gasteiger charge is -2.31. The average Bonchev–Trinajstić information content (AvgIpc) is 3.17. The molecule has 154 valence electrons. The molecule has 28 heavy (non-hydrogen) atoms. The van der Waals surface area contributed by atoms with E-state index in [1.54, 1.807) is 17.5 Å². The van der Waals surface area contributed by atoms with Crippen molar-refractivity contribution >= 4 is 36.9 Å². The van der Waals surface area contributed by atoms with E-state index >= 15 is 0 Å². The zero-order chi connectivity index (χ0) is 20.6. The third-order valence-corrected chi connectivity index (χ3v) is 9.16. The lowest BCUT2D eigenvalue weighted by molar-refractivity contribution is -0.0436. The standard InChI is InChI=1S/C16H17F3N2O4S3/c17-16(18,19)27(22,23)14-5-3-12(4-6-14)20-13-7-9-21(10-8-13)28(24,25)15-2-1-11-26-15/h1-6,11,13,20H,7-10H2. The van der Waals surface area contributed by atoms with Gasteiger partial charge in [0.2, 0.25) is 0 Å². The van der Waals surface area contributed by atoms with Crippen molar-refractivity contribution in [3.05, 3.63) is 41.8 Å². The zero-order valence-corrected chi connectivity index (χ0v) is 16.8. The summed E-state index contributed by atoms with van der Waals surface area (Å²) >= 11 is 1.16. The molecule has 0 spiro atoms. The molecule has 0 bridgehead atoms. The molecular weight excluding hydrogens is 437 g/mol. The largest absolute Gasteiger partial charge is 0.501 e. The summed E-state index contributed by atoms with van der Waals surface area (Å²) in [6.07, 6.45) is 1.04. The number of rotatable bonds is 5. The van der Waals surface area contributed by atoms with E-state index in [0.717, 1.165) is 23.5 Å². The van der Waals surface area contributed by atoms with Crippen LogP contribution in [0.25, 0.3) is 0 Å². The molecule has 0 amide bonds. The molecule has 2 aromatic rings. The van der Waals surface area contributed by atoms with Crippen molar-refractivity contribution in [2.75, 3.05) is 18.4 Å². The van der Waals surface area contributed by atoms with Crippen LogP contribution in [0.1, 0.15) is 12.8 Å². The van der Waals surface area contributed by atoms with Gasteiger partial charge < -0.3 is 5.32 Å². The summed E-state index contributed by atoms with van der Waals surface area (Å²) in [5.41, 5.74) is -4.87. The smallest absolute Gasteiger partial charge is 0.382 e. The molecule has 0 unspecified atom stereocenters. The molecule has 0 aliphatic carbocycles. The first-order valence-electron chi connectivity index (χ1n) is 8.23. The second-order valence-corrected chi connectivity index (χ2v) is 11.3. The van der Waals surface area contributed by atoms with Crippen molar-refractivity contribution in [2.24, 2.45) is 0 Å². The molecule has 0 saturated carbocycles. The molecule has 1 aromatic heterocycles. The second kappa shape index (κ2) is 7.65. The first kappa shape index (κ1) is 21.1. The lowest BCUT2D eigenvalue weighted by atomic mass is 10.1. The van der Waals surface area contributed by atoms with E-state index in [1.165, 1.54) is 16.4 Å². The van der Waals surface area contributed by atoms with Gasteiger partial charge in [-0.3, -0.25) is 0 Å². The number of hydrogen-bond acceptors (Lipinski definition) is 6. The highest BCUT2D eigenvalue weighted by molar-refractivity contribution is 7.92. The summed E-state index contributed by atoms with van der Waals surface area (Å²) in [6, 6.07) is 7.51. The fourth-order valence-corrected chi connectivity index (χ4v) is 6.25. The molecule has 1 aliphatic rings. The third-order valence-electron chi connectivity index (χ3n) is 4.38. The number of hydrogen-bond donors (Lipinski definition) is 1. The molecule has 1 aliphatic heterocycles. The SMILES string of the molecule is O=S(=O)(c1cccs1)N1CCC(Nc2ccc(S(=O)(=O)C(F)(F)F)cc2)CC1. The Morgan fingerprint density at radius 3 is 2.11 bits per heavy atom. The summed E-state index contributed by atoms with van der Waals surface area (Å²) in [7, 11) is -8.87. The first-order valence-corrected chi connectivity index (χ1v) is 12.0. The van der Waals surface area contributed by atoms with Crippen molar-refractivity contribution in [2.45, 2.75) is 33.5 Å². The van der Waals surface area contributed by atoms with E-state index < -0.39 is 30.3 Å². The van der Waals surface area contributed by atoms with Gasteiger partial charge in [0.15, 0.2) is 0 Å². The van der Waals surface area contributed by atoms with Crippen LogP contribution in [0.15, 0.2) is 50.9 Å². The predicted octanol–water partition coefficient (Wildman–Crippen LogP) is 3.31. The topological polar surface area (TPSA) is 83.6 Å². The number of sulfone groups is 1. The number of sulfonamides is 1. The molecule has 3 rings (SSSR count). The van der Waals surface area contributed by atoms with Gasteiger partial charge in [0.1, 0.15) is 4.21 Å². The van der Waals surface area contributed by atoms with Gasteiger partial charge in [0.25, 0.3) is 19.9 Å². The number of thiophene rings is 1. The maximum Gasteiger partial charge on any atom is 0.501 e. The number of anilines is 1. The van der Waals surface area contributed by atoms with E-state index in [0.29, 0.717) is 35.8 Å². The lowest BCUT2D eigenvalue weighted by Crippen LogP contribution is -2.42. The van der Waals surface area contributed by atoms with Crippen LogP contribution < -0.4 is 5.32 Å². The van der Waals surface area contributed by atoms with Crippen molar-refractivity contribution in [3.8, 4) is 0 Å². The highest BCUT2D eigenvalue weighted by Gasteiger charge is 2.46. The summed E-state index contributed by atoms with van der Waals surface area (Å²) < 4.78 is 87.2. The zero-order valence-electron chi connectivity index (χ0n) is 14.4. The van der Waals surface area contributed by atoms with Gasteiger partial charge in [0.05, 0.1) is 4.90 Å². The Bertz CT molecular complexity index is 1010. The van der Waals surface area contributed by atoms with Crippen LogP contribution in [-0.2, 0) is 19.9 Å². The van der Waals surface area contributed by atoms with E-state index in [2.05, 4.69) is 5.32 Å². The summed E-state index contributed by atoms with van der Waals surface area (Å²) in [5, 5.41) is 4.81. The molecule has 1 fully saturated rings. The van der Waals surface area contributed by atoms with Crippen LogP contribution in [-0.4, -0.2) is 45.8 Å². The number of halogens is 3. The maximum atomic E-state index is 12.6. The van der Waals surface area contributed by atoms with Gasteiger partial charge in [-0.15, -0.1) is 11.3 Å². The average molecular weight is 455 g/mol. The maximum absolute atomic E-state index is 12.6. The minimum Gasteiger partial charge on any atom is -0.382 e. The normalized spacial score (nSPS) is 17.5. The molecule has 1 N–H and O–H groups in total. The molecule has 1 aromatic carbocycles. The Morgan fingerprint density at radius 2 is 1.61 bits per heavy atom. The van der Waals surface area contributed by atoms with E-state index in [-0.39, 0.29) is 6.04 Å². The fourth-order valence-electron chi connectivity index (χ4n) is 2.88. The minimum absolute atomic E-state index is 0.0696. The molecule has 12 heteroatoms. The van der Waals surface area contributed by atoms with Crippen molar-refractivity contribution in [1.29, 1.82) is 0 Å². The number of nitrogens with one attached hydrogen (secondary N) is 1. The Balaban J connectivity index is 1.61. The van der Waals surface area contributed by atoms with Gasteiger partial charge in [-0.2, -0.15) is 17.5 Å². The van der Waals surface area contributed by atoms with Crippen LogP contribution in [0.4, 0.5) is 18.9 Å². The van der Waals surface area contributed by atoms with Crippen molar-refractivity contribution in [1.82, 2.24) is 4.31 Å². The Morgan fingerprint density at radius 1 is 1.00 bits per heavy atom. The van der Waals surface area contributed by atoms with Crippen LogP contribution in [0.5, 0.6) is 0 Å². The molecule has 1 saturated heterocycles. The number of piperidine rings is 1. The molecule has 2 heterocycles. The molecular formula is C16H17F3N2O4S3. The predicted molar refractivity (Wildman–Crippen MR) is 99.4 cm³/mol. The highest BCUT2D eigenvalue weighted by atomic mass is 32.2. The monoisotopic (exact) mass is 454 g/mol. The molecule has 0 atom stereocenters.